The summed E-state index contributed by atoms with van der Waals surface area (Å²) < 4.78 is 11.8. The normalized spacial score (nSPS) is 20.9. The maximum absolute atomic E-state index is 12.4. The van der Waals surface area contributed by atoms with Crippen LogP contribution in [-0.4, -0.2) is 25.7 Å². The molecule has 1 aliphatic heterocycles. The van der Waals surface area contributed by atoms with Crippen molar-refractivity contribution in [1.29, 1.82) is 0 Å². The molecule has 1 aromatic carbocycles. The fraction of sp³-hybridized carbons (Fsp3) is 0.550. The van der Waals surface area contributed by atoms with Crippen molar-refractivity contribution in [1.82, 2.24) is 5.32 Å². The van der Waals surface area contributed by atoms with Gasteiger partial charge in [0.05, 0.1) is 13.2 Å². The smallest absolute Gasteiger partial charge is 0.251 e. The van der Waals surface area contributed by atoms with Crippen molar-refractivity contribution >= 4 is 5.91 Å². The largest absolute Gasteiger partial charge is 0.489 e. The highest BCUT2D eigenvalue weighted by Gasteiger charge is 2.46. The van der Waals surface area contributed by atoms with E-state index in [9.17, 15) is 4.79 Å². The highest BCUT2D eigenvalue weighted by Crippen LogP contribution is 2.49. The van der Waals surface area contributed by atoms with Crippen LogP contribution in [0.25, 0.3) is 0 Å². The molecule has 128 valence electrons. The van der Waals surface area contributed by atoms with Crippen LogP contribution in [0.2, 0.25) is 0 Å². The second kappa shape index (κ2) is 6.50. The van der Waals surface area contributed by atoms with E-state index in [1.54, 1.807) is 0 Å². The zero-order chi connectivity index (χ0) is 16.4. The van der Waals surface area contributed by atoms with Crippen LogP contribution in [0.5, 0.6) is 11.5 Å². The molecule has 0 saturated heterocycles. The van der Waals surface area contributed by atoms with Gasteiger partial charge in [0.25, 0.3) is 5.91 Å². The Morgan fingerprint density at radius 2 is 1.96 bits per heavy atom. The van der Waals surface area contributed by atoms with E-state index in [4.69, 9.17) is 9.47 Å². The van der Waals surface area contributed by atoms with Gasteiger partial charge in [0.15, 0.2) is 11.5 Å². The molecular weight excluding hydrogens is 302 g/mol. The number of hydrogen-bond acceptors (Lipinski definition) is 3. The zero-order valence-electron chi connectivity index (χ0n) is 14.1. The second-order valence-corrected chi connectivity index (χ2v) is 7.35. The van der Waals surface area contributed by atoms with Crippen LogP contribution in [0, 0.1) is 5.41 Å². The summed E-state index contributed by atoms with van der Waals surface area (Å²) in [4.78, 5) is 12.4. The SMILES string of the molecule is O=C(NCCC1=CCCCC1)c1ccc2c(c1)OCC1(CC1)CO2. The van der Waals surface area contributed by atoms with Gasteiger partial charge in [-0.05, 0) is 63.1 Å². The first-order valence-corrected chi connectivity index (χ1v) is 9.10. The molecule has 2 aliphatic carbocycles. The van der Waals surface area contributed by atoms with Crippen molar-refractivity contribution in [2.24, 2.45) is 5.41 Å². The molecule has 0 aromatic heterocycles. The summed E-state index contributed by atoms with van der Waals surface area (Å²) in [5.41, 5.74) is 2.34. The van der Waals surface area contributed by atoms with Gasteiger partial charge in [-0.1, -0.05) is 11.6 Å². The molecule has 24 heavy (non-hydrogen) atoms. The standard InChI is InChI=1S/C20H25NO3/c22-19(21-11-8-15-4-2-1-3-5-15)16-6-7-17-18(12-16)24-14-20(9-10-20)13-23-17/h4,6-7,12H,1-3,5,8-11,13-14H2,(H,21,22). The Morgan fingerprint density at radius 3 is 2.71 bits per heavy atom. The Morgan fingerprint density at radius 1 is 1.12 bits per heavy atom. The zero-order valence-corrected chi connectivity index (χ0v) is 14.1. The molecule has 4 heteroatoms. The Balaban J connectivity index is 1.35. The number of carbonyl (C=O) groups excluding carboxylic acids is 1. The van der Waals surface area contributed by atoms with Gasteiger partial charge in [-0.25, -0.2) is 0 Å². The number of rotatable bonds is 4. The number of carbonyl (C=O) groups is 1. The van der Waals surface area contributed by atoms with Crippen molar-refractivity contribution in [3.05, 3.63) is 35.4 Å². The summed E-state index contributed by atoms with van der Waals surface area (Å²) in [6.07, 6.45) is 10.6. The molecule has 1 N–H and O–H groups in total. The summed E-state index contributed by atoms with van der Waals surface area (Å²) in [6, 6.07) is 5.49. The monoisotopic (exact) mass is 327 g/mol. The molecule has 0 bridgehead atoms. The van der Waals surface area contributed by atoms with E-state index < -0.39 is 0 Å². The average molecular weight is 327 g/mol. The van der Waals surface area contributed by atoms with Gasteiger partial charge < -0.3 is 14.8 Å². The number of benzene rings is 1. The lowest BCUT2D eigenvalue weighted by Crippen LogP contribution is -2.24. The molecule has 1 spiro atoms. The van der Waals surface area contributed by atoms with Crippen molar-refractivity contribution in [2.45, 2.75) is 44.9 Å². The molecule has 4 nitrogen and oxygen atoms in total. The minimum atomic E-state index is -0.0387. The van der Waals surface area contributed by atoms with Crippen molar-refractivity contribution in [3.63, 3.8) is 0 Å². The first-order valence-electron chi connectivity index (χ1n) is 9.10. The summed E-state index contributed by atoms with van der Waals surface area (Å²) >= 11 is 0. The summed E-state index contributed by atoms with van der Waals surface area (Å²) in [7, 11) is 0. The van der Waals surface area contributed by atoms with Gasteiger partial charge in [-0.2, -0.15) is 0 Å². The van der Waals surface area contributed by atoms with Gasteiger partial charge in [-0.3, -0.25) is 4.79 Å². The van der Waals surface area contributed by atoms with Gasteiger partial charge >= 0.3 is 0 Å². The molecule has 1 saturated carbocycles. The number of hydrogen-bond donors (Lipinski definition) is 1. The number of fused-ring (bicyclic) bond motifs is 1. The quantitative estimate of drug-likeness (QED) is 0.854. The lowest BCUT2D eigenvalue weighted by atomic mass is 9.97. The first kappa shape index (κ1) is 15.6. The maximum atomic E-state index is 12.4. The van der Waals surface area contributed by atoms with E-state index >= 15 is 0 Å². The minimum Gasteiger partial charge on any atom is -0.489 e. The average Bonchev–Trinajstić information content (AvgIpc) is 3.42. The number of allylic oxidation sites excluding steroid dienone is 1. The molecule has 1 fully saturated rings. The predicted molar refractivity (Wildman–Crippen MR) is 92.6 cm³/mol. The van der Waals surface area contributed by atoms with Crippen LogP contribution in [-0.2, 0) is 0 Å². The Hall–Kier alpha value is -1.97. The molecule has 0 atom stereocenters. The van der Waals surface area contributed by atoms with Crippen molar-refractivity contribution < 1.29 is 14.3 Å². The van der Waals surface area contributed by atoms with Gasteiger partial charge in [0.2, 0.25) is 0 Å². The van der Waals surface area contributed by atoms with Crippen LogP contribution in [0.15, 0.2) is 29.8 Å². The lowest BCUT2D eigenvalue weighted by molar-refractivity contribution is 0.0953. The Labute approximate surface area is 143 Å². The number of amides is 1. The third kappa shape index (κ3) is 3.42. The first-order chi connectivity index (χ1) is 11.7. The van der Waals surface area contributed by atoms with E-state index in [-0.39, 0.29) is 11.3 Å². The fourth-order valence-corrected chi connectivity index (χ4v) is 3.42. The molecule has 4 rings (SSSR count). The molecular formula is C20H25NO3. The predicted octanol–water partition coefficient (Wildman–Crippen LogP) is 3.86. The molecule has 0 radical (unpaired) electrons. The van der Waals surface area contributed by atoms with Gasteiger partial charge in [-0.15, -0.1) is 0 Å². The Kier molecular flexibility index (Phi) is 4.21. The van der Waals surface area contributed by atoms with E-state index in [0.717, 1.165) is 18.8 Å². The summed E-state index contributed by atoms with van der Waals surface area (Å²) in [5, 5.41) is 3.02. The van der Waals surface area contributed by atoms with Crippen LogP contribution >= 0.6 is 0 Å². The van der Waals surface area contributed by atoms with E-state index in [0.29, 0.717) is 24.5 Å². The van der Waals surface area contributed by atoms with Crippen LogP contribution < -0.4 is 14.8 Å². The van der Waals surface area contributed by atoms with E-state index in [1.807, 2.05) is 18.2 Å². The third-order valence-corrected chi connectivity index (χ3v) is 5.35. The Bertz CT molecular complexity index is 661. The molecule has 1 aromatic rings. The molecule has 1 heterocycles. The van der Waals surface area contributed by atoms with Gasteiger partial charge in [0, 0.05) is 17.5 Å². The lowest BCUT2D eigenvalue weighted by Gasteiger charge is -2.13. The summed E-state index contributed by atoms with van der Waals surface area (Å²) in [5.74, 6) is 1.41. The molecule has 0 unspecified atom stereocenters. The van der Waals surface area contributed by atoms with E-state index in [2.05, 4.69) is 11.4 Å². The third-order valence-electron chi connectivity index (χ3n) is 5.35. The highest BCUT2D eigenvalue weighted by molar-refractivity contribution is 5.94. The van der Waals surface area contributed by atoms with Gasteiger partial charge in [0.1, 0.15) is 0 Å². The van der Waals surface area contributed by atoms with Crippen molar-refractivity contribution in [3.8, 4) is 11.5 Å². The minimum absolute atomic E-state index is 0.0387. The highest BCUT2D eigenvalue weighted by atomic mass is 16.5. The number of ether oxygens (including phenoxy) is 2. The van der Waals surface area contributed by atoms with E-state index in [1.165, 1.54) is 44.1 Å². The van der Waals surface area contributed by atoms with Crippen LogP contribution in [0.1, 0.15) is 55.3 Å². The summed E-state index contributed by atoms with van der Waals surface area (Å²) in [6.45, 7) is 2.11. The van der Waals surface area contributed by atoms with Crippen LogP contribution in [0.3, 0.4) is 0 Å². The topological polar surface area (TPSA) is 47.6 Å². The van der Waals surface area contributed by atoms with Crippen LogP contribution in [0.4, 0.5) is 0 Å². The van der Waals surface area contributed by atoms with Crippen molar-refractivity contribution in [2.75, 3.05) is 19.8 Å². The maximum Gasteiger partial charge on any atom is 0.251 e. The molecule has 3 aliphatic rings. The fourth-order valence-electron chi connectivity index (χ4n) is 3.42. The second-order valence-electron chi connectivity index (χ2n) is 7.35. The molecule has 1 amide bonds. The number of nitrogens with one attached hydrogen (secondary N) is 1.